The lowest BCUT2D eigenvalue weighted by molar-refractivity contribution is -0.168. The van der Waals surface area contributed by atoms with E-state index in [1.54, 1.807) is 13.2 Å². The first-order valence-corrected chi connectivity index (χ1v) is 13.9. The number of nitrogens with zero attached hydrogens (tertiary/aromatic N) is 3. The first-order chi connectivity index (χ1) is 18.1. The summed E-state index contributed by atoms with van der Waals surface area (Å²) >= 11 is 3.57. The van der Waals surface area contributed by atoms with E-state index in [9.17, 15) is 24.0 Å². The predicted molar refractivity (Wildman–Crippen MR) is 136 cm³/mol. The number of ether oxygens (including phenoxy) is 3. The van der Waals surface area contributed by atoms with E-state index in [0.29, 0.717) is 10.7 Å². The van der Waals surface area contributed by atoms with Crippen molar-refractivity contribution in [2.24, 2.45) is 5.16 Å². The Balaban J connectivity index is 1.74. The van der Waals surface area contributed by atoms with Gasteiger partial charge in [-0.1, -0.05) is 5.16 Å². The smallest absolute Gasteiger partial charge is 0.479 e. The molecule has 38 heavy (non-hydrogen) atoms. The van der Waals surface area contributed by atoms with Crippen LogP contribution in [0.1, 0.15) is 19.5 Å². The summed E-state index contributed by atoms with van der Waals surface area (Å²) in [5, 5.41) is 15.8. The number of β-lactam (4-membered cyclic amide) rings is 1. The molecule has 2 amide bonds. The van der Waals surface area contributed by atoms with Gasteiger partial charge in [0.25, 0.3) is 11.8 Å². The summed E-state index contributed by atoms with van der Waals surface area (Å²) in [6, 6.07) is -1.05. The van der Waals surface area contributed by atoms with Crippen LogP contribution in [0.5, 0.6) is 0 Å². The third kappa shape index (κ3) is 6.67. The van der Waals surface area contributed by atoms with Gasteiger partial charge in [0.15, 0.2) is 10.8 Å². The van der Waals surface area contributed by atoms with Gasteiger partial charge in [0.05, 0.1) is 6.61 Å². The molecule has 0 spiro atoms. The van der Waals surface area contributed by atoms with Crippen molar-refractivity contribution in [3.63, 3.8) is 0 Å². The lowest BCUT2D eigenvalue weighted by Gasteiger charge is -2.49. The number of aromatic nitrogens is 1. The molecule has 1 aromatic rings. The Morgan fingerprint density at radius 3 is 2.71 bits per heavy atom. The van der Waals surface area contributed by atoms with Crippen molar-refractivity contribution >= 4 is 75.6 Å². The average molecular weight is 590 g/mol. The van der Waals surface area contributed by atoms with Gasteiger partial charge in [-0.25, -0.2) is 19.4 Å². The number of carboxylic acids is 1. The van der Waals surface area contributed by atoms with Gasteiger partial charge in [-0.05, 0) is 13.2 Å². The molecule has 3 rings (SSSR count). The van der Waals surface area contributed by atoms with Crippen LogP contribution in [0.15, 0.2) is 21.1 Å². The highest BCUT2D eigenvalue weighted by Crippen LogP contribution is 2.43. The second kappa shape index (κ2) is 12.8. The van der Waals surface area contributed by atoms with Crippen LogP contribution in [0.25, 0.3) is 0 Å². The minimum absolute atomic E-state index is 0.0259. The van der Waals surface area contributed by atoms with Gasteiger partial charge in [-0.15, -0.1) is 34.9 Å². The van der Waals surface area contributed by atoms with E-state index < -0.39 is 54.2 Å². The van der Waals surface area contributed by atoms with Crippen LogP contribution < -0.4 is 11.1 Å². The third-order valence-electron chi connectivity index (χ3n) is 4.78. The van der Waals surface area contributed by atoms with E-state index >= 15 is 0 Å². The predicted octanol–water partition coefficient (Wildman–Crippen LogP) is 0.567. The molecule has 2 unspecified atom stereocenters. The number of nitrogens with one attached hydrogen (secondary N) is 1. The Kier molecular flexibility index (Phi) is 9.81. The Bertz CT molecular complexity index is 1190. The van der Waals surface area contributed by atoms with Gasteiger partial charge < -0.3 is 35.2 Å². The van der Waals surface area contributed by atoms with Gasteiger partial charge in [0.1, 0.15) is 22.8 Å². The van der Waals surface area contributed by atoms with Crippen LogP contribution in [-0.2, 0) is 38.2 Å². The number of carboxylic acid groups (broad SMARTS) is 1. The van der Waals surface area contributed by atoms with Crippen LogP contribution in [-0.4, -0.2) is 93.5 Å². The number of nitrogen functional groups attached to an aromatic ring is 1. The summed E-state index contributed by atoms with van der Waals surface area (Å²) in [6.45, 7) is 2.17. The minimum atomic E-state index is -1.31. The highest BCUT2D eigenvalue weighted by Gasteiger charge is 2.55. The van der Waals surface area contributed by atoms with E-state index in [1.807, 2.05) is 0 Å². The van der Waals surface area contributed by atoms with Gasteiger partial charge in [0, 0.05) is 23.0 Å². The number of esters is 1. The second-order valence-corrected chi connectivity index (χ2v) is 10.2. The standard InChI is InChI=1S/C20H23N5O10S3/c1-4-32-20(31)35-8(2)34-18(30)14-10(36-3)7-37-17-13(16(29)25(14)17)23-15(28)12(24-33-5-11(26)27)9-6-38-19(21)22-9/h6,8,13,17H,4-5,7H2,1-3H3,(H2,21,22)(H,23,28)(H,26,27)/b24-12+/t8?,13?,17-/m1/s1. The first-order valence-electron chi connectivity index (χ1n) is 10.8. The average Bonchev–Trinajstić information content (AvgIpc) is 3.29. The number of thiazole rings is 1. The number of nitrogens with two attached hydrogens (primary N) is 1. The molecule has 0 saturated carbocycles. The Morgan fingerprint density at radius 2 is 2.11 bits per heavy atom. The van der Waals surface area contributed by atoms with E-state index in [1.165, 1.54) is 40.7 Å². The number of hydrogen-bond acceptors (Lipinski definition) is 15. The van der Waals surface area contributed by atoms with Crippen LogP contribution in [0.4, 0.5) is 9.93 Å². The number of carbonyl (C=O) groups is 5. The van der Waals surface area contributed by atoms with Gasteiger partial charge >= 0.3 is 18.1 Å². The van der Waals surface area contributed by atoms with Crippen molar-refractivity contribution < 1.29 is 48.1 Å². The molecule has 0 aliphatic carbocycles. The van der Waals surface area contributed by atoms with Gasteiger partial charge in [0.2, 0.25) is 12.9 Å². The molecule has 4 N–H and O–H groups in total. The number of fused-ring (bicyclic) bond motifs is 1. The number of anilines is 1. The molecule has 1 fully saturated rings. The summed E-state index contributed by atoms with van der Waals surface area (Å²) in [7, 11) is 0. The zero-order chi connectivity index (χ0) is 28.0. The van der Waals surface area contributed by atoms with Crippen molar-refractivity contribution in [2.45, 2.75) is 31.6 Å². The van der Waals surface area contributed by atoms with Crippen LogP contribution in [0.3, 0.4) is 0 Å². The molecule has 3 atom stereocenters. The summed E-state index contributed by atoms with van der Waals surface area (Å²) in [5.41, 5.74) is 5.25. The van der Waals surface area contributed by atoms with E-state index in [4.69, 9.17) is 25.2 Å². The molecule has 1 saturated heterocycles. The fourth-order valence-corrected chi connectivity index (χ4v) is 6.01. The first kappa shape index (κ1) is 29.1. The fraction of sp³-hybridized carbons (Fsp3) is 0.450. The van der Waals surface area contributed by atoms with E-state index in [0.717, 1.165) is 11.3 Å². The number of hydrogen-bond donors (Lipinski definition) is 3. The SMILES string of the molecule is CCOC(=O)OC(C)OC(=O)C1=C(SC)CS[C@@H]2C(NC(=O)/C(=N/OCC(=O)O)c3csc(N)n3)C(=O)N12. The van der Waals surface area contributed by atoms with Crippen LogP contribution in [0, 0.1) is 0 Å². The molecule has 0 bridgehead atoms. The normalized spacial score (nSPS) is 19.6. The fourth-order valence-electron chi connectivity index (χ4n) is 3.22. The van der Waals surface area contributed by atoms with Crippen molar-refractivity contribution in [1.29, 1.82) is 0 Å². The maximum absolute atomic E-state index is 13.1. The molecule has 206 valence electrons. The zero-order valence-corrected chi connectivity index (χ0v) is 22.6. The quantitative estimate of drug-likeness (QED) is 0.106. The molecule has 3 heterocycles. The number of aliphatic carboxylic acids is 1. The Hall–Kier alpha value is -3.51. The number of oxime groups is 1. The Morgan fingerprint density at radius 1 is 1.37 bits per heavy atom. The van der Waals surface area contributed by atoms with E-state index in [2.05, 4.69) is 20.2 Å². The molecule has 2 aliphatic heterocycles. The topological polar surface area (TPSA) is 209 Å². The third-order valence-corrected chi connectivity index (χ3v) is 7.75. The second-order valence-electron chi connectivity index (χ2n) is 7.29. The molecule has 1 aromatic heterocycles. The van der Waals surface area contributed by atoms with Gasteiger partial charge in [-0.2, -0.15) is 0 Å². The maximum Gasteiger partial charge on any atom is 0.511 e. The summed E-state index contributed by atoms with van der Waals surface area (Å²) in [5.74, 6) is -3.33. The molecule has 2 aliphatic rings. The summed E-state index contributed by atoms with van der Waals surface area (Å²) in [6.07, 6.45) is -0.573. The molecular formula is C20H23N5O10S3. The zero-order valence-electron chi connectivity index (χ0n) is 20.2. The lowest BCUT2D eigenvalue weighted by Crippen LogP contribution is -2.71. The molecular weight excluding hydrogens is 566 g/mol. The van der Waals surface area contributed by atoms with Crippen molar-refractivity contribution in [3.05, 3.63) is 21.7 Å². The maximum atomic E-state index is 13.1. The largest absolute Gasteiger partial charge is 0.511 e. The molecule has 15 nitrogen and oxygen atoms in total. The minimum Gasteiger partial charge on any atom is -0.479 e. The highest BCUT2D eigenvalue weighted by molar-refractivity contribution is 8.05. The summed E-state index contributed by atoms with van der Waals surface area (Å²) < 4.78 is 14.7. The number of thioether (sulfide) groups is 2. The van der Waals surface area contributed by atoms with Crippen molar-refractivity contribution in [1.82, 2.24) is 15.2 Å². The van der Waals surface area contributed by atoms with Gasteiger partial charge in [-0.3, -0.25) is 14.5 Å². The summed E-state index contributed by atoms with van der Waals surface area (Å²) in [4.78, 5) is 71.7. The van der Waals surface area contributed by atoms with Crippen molar-refractivity contribution in [2.75, 3.05) is 31.0 Å². The van der Waals surface area contributed by atoms with Crippen LogP contribution >= 0.6 is 34.9 Å². The Labute approximate surface area is 228 Å². The van der Waals surface area contributed by atoms with Crippen LogP contribution in [0.2, 0.25) is 0 Å². The number of amides is 2. The molecule has 18 heteroatoms. The highest BCUT2D eigenvalue weighted by atomic mass is 32.2. The lowest BCUT2D eigenvalue weighted by atomic mass is 10.0. The number of carbonyl (C=O) groups excluding carboxylic acids is 4. The number of rotatable bonds is 11. The van der Waals surface area contributed by atoms with Crippen molar-refractivity contribution in [3.8, 4) is 0 Å². The van der Waals surface area contributed by atoms with E-state index in [-0.39, 0.29) is 28.8 Å². The molecule has 0 aromatic carbocycles. The molecule has 0 radical (unpaired) electrons. The monoisotopic (exact) mass is 589 g/mol.